The lowest BCUT2D eigenvalue weighted by molar-refractivity contribution is 0.157. The number of halogens is 5. The third-order valence-electron chi connectivity index (χ3n) is 5.82. The molecule has 2 atom stereocenters. The summed E-state index contributed by atoms with van der Waals surface area (Å²) in [6.45, 7) is 5.12. The standard InChI is InChI=1S/C27H23F5O2/c1-3-5-6-15-7-8-16(19(28)13-15)14-34-21-12-10-18-17-9-11-20(33-4-2)24(29)22(17)26(31)27(32)23(18)25(21)30/h3,7-13,26-27H,1,4-6,14H2,2H3. The maximum atomic E-state index is 15.2. The molecule has 0 spiro atoms. The van der Waals surface area contributed by atoms with Crippen LogP contribution in [0.25, 0.3) is 11.1 Å². The van der Waals surface area contributed by atoms with Crippen LogP contribution in [0.3, 0.4) is 0 Å². The molecule has 178 valence electrons. The van der Waals surface area contributed by atoms with Crippen LogP contribution < -0.4 is 9.47 Å². The molecule has 34 heavy (non-hydrogen) atoms. The number of rotatable bonds is 8. The van der Waals surface area contributed by atoms with Gasteiger partial charge in [0.15, 0.2) is 35.5 Å². The first kappa shape index (κ1) is 23.8. The van der Waals surface area contributed by atoms with Crippen LogP contribution in [0.2, 0.25) is 0 Å². The second kappa shape index (κ2) is 9.87. The number of allylic oxidation sites excluding steroid dienone is 1. The van der Waals surface area contributed by atoms with E-state index in [-0.39, 0.29) is 41.4 Å². The molecule has 3 aromatic carbocycles. The van der Waals surface area contributed by atoms with Crippen LogP contribution in [-0.4, -0.2) is 6.61 Å². The first-order valence-electron chi connectivity index (χ1n) is 10.9. The van der Waals surface area contributed by atoms with Gasteiger partial charge in [0.2, 0.25) is 0 Å². The normalized spacial score (nSPS) is 16.5. The molecule has 2 unspecified atom stereocenters. The summed E-state index contributed by atoms with van der Waals surface area (Å²) in [6, 6.07) is 9.92. The van der Waals surface area contributed by atoms with E-state index in [1.54, 1.807) is 19.1 Å². The Balaban J connectivity index is 1.64. The Hall–Kier alpha value is -3.35. The van der Waals surface area contributed by atoms with E-state index in [9.17, 15) is 13.2 Å². The average molecular weight is 474 g/mol. The van der Waals surface area contributed by atoms with Gasteiger partial charge in [-0.1, -0.05) is 30.3 Å². The van der Waals surface area contributed by atoms with Crippen LogP contribution in [0.1, 0.15) is 47.9 Å². The van der Waals surface area contributed by atoms with Crippen molar-refractivity contribution in [3.63, 3.8) is 0 Å². The summed E-state index contributed by atoms with van der Waals surface area (Å²) < 4.78 is 84.9. The van der Waals surface area contributed by atoms with Gasteiger partial charge >= 0.3 is 0 Å². The predicted molar refractivity (Wildman–Crippen MR) is 120 cm³/mol. The van der Waals surface area contributed by atoms with Crippen molar-refractivity contribution in [2.75, 3.05) is 6.61 Å². The lowest BCUT2D eigenvalue weighted by Gasteiger charge is -2.28. The number of fused-ring (bicyclic) bond motifs is 3. The molecule has 0 saturated heterocycles. The van der Waals surface area contributed by atoms with Gasteiger partial charge in [0.05, 0.1) is 6.61 Å². The second-order valence-corrected chi connectivity index (χ2v) is 7.96. The number of ether oxygens (including phenoxy) is 2. The Bertz CT molecular complexity index is 1220. The molecule has 7 heteroatoms. The molecule has 4 rings (SSSR count). The van der Waals surface area contributed by atoms with E-state index >= 15 is 8.78 Å². The van der Waals surface area contributed by atoms with Gasteiger partial charge < -0.3 is 9.47 Å². The van der Waals surface area contributed by atoms with Crippen LogP contribution >= 0.6 is 0 Å². The third kappa shape index (κ3) is 4.27. The van der Waals surface area contributed by atoms with Gasteiger partial charge in [-0.3, -0.25) is 0 Å². The fourth-order valence-electron chi connectivity index (χ4n) is 4.11. The Morgan fingerprint density at radius 1 is 0.853 bits per heavy atom. The Labute approximate surface area is 194 Å². The Kier molecular flexibility index (Phi) is 6.91. The first-order valence-corrected chi connectivity index (χ1v) is 10.9. The molecule has 1 aliphatic carbocycles. The predicted octanol–water partition coefficient (Wildman–Crippen LogP) is 7.90. The fraction of sp³-hybridized carbons (Fsp3) is 0.259. The van der Waals surface area contributed by atoms with Gasteiger partial charge in [0.1, 0.15) is 12.4 Å². The molecule has 2 nitrogen and oxygen atoms in total. The largest absolute Gasteiger partial charge is 0.491 e. The summed E-state index contributed by atoms with van der Waals surface area (Å²) in [5.74, 6) is -3.17. The van der Waals surface area contributed by atoms with Crippen molar-refractivity contribution in [3.8, 4) is 22.6 Å². The van der Waals surface area contributed by atoms with E-state index in [4.69, 9.17) is 9.47 Å². The molecule has 3 aromatic rings. The zero-order valence-corrected chi connectivity index (χ0v) is 18.5. The Morgan fingerprint density at radius 3 is 1.97 bits per heavy atom. The molecule has 0 radical (unpaired) electrons. The number of benzene rings is 3. The molecule has 1 aliphatic rings. The van der Waals surface area contributed by atoms with Crippen LogP contribution in [0.5, 0.6) is 11.5 Å². The highest BCUT2D eigenvalue weighted by Crippen LogP contribution is 2.52. The van der Waals surface area contributed by atoms with Crippen LogP contribution in [-0.2, 0) is 13.0 Å². The van der Waals surface area contributed by atoms with Gasteiger partial charge in [-0.15, -0.1) is 6.58 Å². The van der Waals surface area contributed by atoms with Crippen LogP contribution in [0.4, 0.5) is 22.0 Å². The molecule has 0 aromatic heterocycles. The summed E-state index contributed by atoms with van der Waals surface area (Å²) in [6.07, 6.45) is -1.79. The second-order valence-electron chi connectivity index (χ2n) is 7.96. The number of hydrogen-bond acceptors (Lipinski definition) is 2. The molecule has 0 bridgehead atoms. The van der Waals surface area contributed by atoms with Crippen LogP contribution in [0.15, 0.2) is 55.1 Å². The quantitative estimate of drug-likeness (QED) is 0.244. The SMILES string of the molecule is C=CCCc1ccc(COc2ccc3c(c2F)C(F)C(F)c2c-3ccc(OCC)c2F)c(F)c1. The first-order chi connectivity index (χ1) is 16.4. The van der Waals surface area contributed by atoms with Crippen molar-refractivity contribution in [2.24, 2.45) is 0 Å². The molecule has 0 N–H and O–H groups in total. The van der Waals surface area contributed by atoms with Crippen molar-refractivity contribution < 1.29 is 31.4 Å². The molecule has 0 heterocycles. The topological polar surface area (TPSA) is 18.5 Å². The maximum absolute atomic E-state index is 15.2. The van der Waals surface area contributed by atoms with E-state index in [1.807, 2.05) is 0 Å². The number of hydrogen-bond donors (Lipinski definition) is 0. The van der Waals surface area contributed by atoms with Crippen molar-refractivity contribution in [1.82, 2.24) is 0 Å². The molecular weight excluding hydrogens is 451 g/mol. The minimum atomic E-state index is -2.45. The summed E-state index contributed by atoms with van der Waals surface area (Å²) in [7, 11) is 0. The van der Waals surface area contributed by atoms with Gasteiger partial charge in [-0.05, 0) is 54.7 Å². The van der Waals surface area contributed by atoms with E-state index in [0.717, 1.165) is 5.56 Å². The summed E-state index contributed by atoms with van der Waals surface area (Å²) in [5.41, 5.74) is -0.00637. The van der Waals surface area contributed by atoms with Crippen LogP contribution in [0, 0.1) is 17.5 Å². The lowest BCUT2D eigenvalue weighted by Crippen LogP contribution is -2.16. The third-order valence-corrected chi connectivity index (χ3v) is 5.82. The highest BCUT2D eigenvalue weighted by atomic mass is 19.2. The van der Waals surface area contributed by atoms with E-state index in [2.05, 4.69) is 6.58 Å². The summed E-state index contributed by atoms with van der Waals surface area (Å²) in [4.78, 5) is 0. The van der Waals surface area contributed by atoms with Crippen molar-refractivity contribution >= 4 is 0 Å². The fourth-order valence-corrected chi connectivity index (χ4v) is 4.11. The van der Waals surface area contributed by atoms with Crippen molar-refractivity contribution in [3.05, 3.63) is 94.8 Å². The van der Waals surface area contributed by atoms with Crippen molar-refractivity contribution in [1.29, 1.82) is 0 Å². The zero-order chi connectivity index (χ0) is 24.4. The number of alkyl halides is 2. The molecule has 0 aliphatic heterocycles. The minimum absolute atomic E-state index is 0.0287. The maximum Gasteiger partial charge on any atom is 0.171 e. The molecule has 0 amide bonds. The monoisotopic (exact) mass is 474 g/mol. The van der Waals surface area contributed by atoms with Gasteiger partial charge in [0, 0.05) is 16.7 Å². The summed E-state index contributed by atoms with van der Waals surface area (Å²) in [5, 5.41) is 0. The highest BCUT2D eigenvalue weighted by Gasteiger charge is 2.40. The Morgan fingerprint density at radius 2 is 1.44 bits per heavy atom. The summed E-state index contributed by atoms with van der Waals surface area (Å²) >= 11 is 0. The van der Waals surface area contributed by atoms with E-state index in [1.165, 1.54) is 36.4 Å². The zero-order valence-electron chi connectivity index (χ0n) is 18.5. The number of aryl methyl sites for hydroxylation is 1. The minimum Gasteiger partial charge on any atom is -0.491 e. The molecular formula is C27H23F5O2. The smallest absolute Gasteiger partial charge is 0.171 e. The van der Waals surface area contributed by atoms with Gasteiger partial charge in [-0.25, -0.2) is 22.0 Å². The highest BCUT2D eigenvalue weighted by molar-refractivity contribution is 5.76. The van der Waals surface area contributed by atoms with Gasteiger partial charge in [-0.2, -0.15) is 0 Å². The lowest BCUT2D eigenvalue weighted by atomic mass is 9.82. The molecule has 0 fully saturated rings. The van der Waals surface area contributed by atoms with Crippen molar-refractivity contribution in [2.45, 2.75) is 38.7 Å². The van der Waals surface area contributed by atoms with E-state index < -0.39 is 40.9 Å². The molecule has 0 saturated carbocycles. The van der Waals surface area contributed by atoms with Gasteiger partial charge in [0.25, 0.3) is 0 Å². The average Bonchev–Trinajstić information content (AvgIpc) is 2.82. The van der Waals surface area contributed by atoms with E-state index in [0.29, 0.717) is 12.8 Å².